The number of carbonyl (C=O) groups excluding carboxylic acids is 2. The van der Waals surface area contributed by atoms with Crippen molar-refractivity contribution < 1.29 is 19.1 Å². The summed E-state index contributed by atoms with van der Waals surface area (Å²) in [5, 5.41) is 0. The highest BCUT2D eigenvalue weighted by molar-refractivity contribution is 5.92. The molecule has 0 fully saturated rings. The summed E-state index contributed by atoms with van der Waals surface area (Å²) in [6.07, 6.45) is 3.64. The summed E-state index contributed by atoms with van der Waals surface area (Å²) < 4.78 is 9.40. The molecule has 0 aromatic carbocycles. The van der Waals surface area contributed by atoms with Crippen LogP contribution in [0.15, 0.2) is 0 Å². The smallest absolute Gasteiger partial charge is 0.315 e. The summed E-state index contributed by atoms with van der Waals surface area (Å²) in [6, 6.07) is 0. The minimum atomic E-state index is -0.659. The van der Waals surface area contributed by atoms with E-state index in [9.17, 15) is 9.59 Å². The van der Waals surface area contributed by atoms with Crippen molar-refractivity contribution >= 4 is 11.9 Å². The first-order chi connectivity index (χ1) is 6.56. The van der Waals surface area contributed by atoms with E-state index in [4.69, 9.17) is 4.74 Å². The molecule has 3 radical (unpaired) electrons. The normalized spacial score (nSPS) is 10.0. The van der Waals surface area contributed by atoms with Crippen LogP contribution in [0, 0.1) is 12.8 Å². The molecule has 0 aliphatic rings. The average Bonchev–Trinajstić information content (AvgIpc) is 2.10. The fourth-order valence-electron chi connectivity index (χ4n) is 0.610. The molecule has 0 aliphatic carbocycles. The van der Waals surface area contributed by atoms with Gasteiger partial charge in [-0.25, -0.2) is 0 Å². The Morgan fingerprint density at radius 1 is 1.43 bits per heavy atom. The van der Waals surface area contributed by atoms with Crippen LogP contribution < -0.4 is 0 Å². The highest BCUT2D eigenvalue weighted by atomic mass is 16.5. The lowest BCUT2D eigenvalue weighted by atomic mass is 10.3. The molecule has 0 spiro atoms. The first kappa shape index (κ1) is 12.9. The van der Waals surface area contributed by atoms with Gasteiger partial charge in [-0.3, -0.25) is 9.59 Å². The molecular weight excluding hydrogens is 184 g/mol. The number of rotatable bonds is 6. The van der Waals surface area contributed by atoms with Crippen LogP contribution in [0.25, 0.3) is 0 Å². The van der Waals surface area contributed by atoms with Gasteiger partial charge in [0.2, 0.25) is 0 Å². The van der Waals surface area contributed by atoms with Gasteiger partial charge in [-0.15, -0.1) is 0 Å². The third-order valence-electron chi connectivity index (χ3n) is 1.10. The van der Waals surface area contributed by atoms with E-state index >= 15 is 0 Å². The standard InChI is InChI=1S/C10H15O4/c1-4-7-13-9(11)5-6-10(12)14-8(2)3/h5,8H,4,7H2,1-3H3. The fraction of sp³-hybridized carbons (Fsp3) is 0.600. The molecule has 0 bridgehead atoms. The second-order valence-electron chi connectivity index (χ2n) is 2.91. The van der Waals surface area contributed by atoms with Crippen molar-refractivity contribution in [1.29, 1.82) is 0 Å². The Morgan fingerprint density at radius 2 is 2.07 bits per heavy atom. The van der Waals surface area contributed by atoms with E-state index in [0.29, 0.717) is 6.61 Å². The molecule has 4 heteroatoms. The van der Waals surface area contributed by atoms with Crippen LogP contribution in [-0.2, 0) is 19.1 Å². The van der Waals surface area contributed by atoms with Gasteiger partial charge in [0.25, 0.3) is 0 Å². The van der Waals surface area contributed by atoms with E-state index < -0.39 is 11.9 Å². The predicted octanol–water partition coefficient (Wildman–Crippen LogP) is 1.18. The summed E-state index contributed by atoms with van der Waals surface area (Å²) in [5.41, 5.74) is 0. The minimum Gasteiger partial charge on any atom is -0.465 e. The molecule has 0 atom stereocenters. The van der Waals surface area contributed by atoms with Crippen LogP contribution in [0.4, 0.5) is 0 Å². The van der Waals surface area contributed by atoms with Gasteiger partial charge in [0, 0.05) is 0 Å². The monoisotopic (exact) mass is 199 g/mol. The van der Waals surface area contributed by atoms with Gasteiger partial charge < -0.3 is 9.47 Å². The van der Waals surface area contributed by atoms with Crippen molar-refractivity contribution in [2.24, 2.45) is 0 Å². The lowest BCUT2D eigenvalue weighted by molar-refractivity contribution is -0.145. The van der Waals surface area contributed by atoms with E-state index in [0.717, 1.165) is 12.8 Å². The van der Waals surface area contributed by atoms with E-state index in [1.165, 1.54) is 0 Å². The zero-order valence-electron chi connectivity index (χ0n) is 8.70. The van der Waals surface area contributed by atoms with Gasteiger partial charge >= 0.3 is 11.9 Å². The second-order valence-corrected chi connectivity index (χ2v) is 2.91. The molecular formula is C10H15O4. The third-order valence-corrected chi connectivity index (χ3v) is 1.10. The maximum atomic E-state index is 10.9. The van der Waals surface area contributed by atoms with E-state index in [1.807, 2.05) is 6.92 Å². The molecule has 0 N–H and O–H groups in total. The first-order valence-electron chi connectivity index (χ1n) is 4.53. The molecule has 0 unspecified atom stereocenters. The van der Waals surface area contributed by atoms with Crippen molar-refractivity contribution in [1.82, 2.24) is 0 Å². The molecule has 14 heavy (non-hydrogen) atoms. The number of hydrogen-bond acceptors (Lipinski definition) is 4. The number of esters is 2. The Bertz CT molecular complexity index is 187. The maximum absolute atomic E-state index is 10.9. The van der Waals surface area contributed by atoms with Gasteiger partial charge in [-0.05, 0) is 20.3 Å². The van der Waals surface area contributed by atoms with Gasteiger partial charge in [-0.2, -0.15) is 0 Å². The molecule has 0 heterocycles. The molecule has 79 valence electrons. The van der Waals surface area contributed by atoms with E-state index in [2.05, 4.69) is 11.2 Å². The van der Waals surface area contributed by atoms with Gasteiger partial charge in [0.05, 0.1) is 19.1 Å². The van der Waals surface area contributed by atoms with E-state index in [1.54, 1.807) is 13.8 Å². The zero-order chi connectivity index (χ0) is 11.0. The fourth-order valence-corrected chi connectivity index (χ4v) is 0.610. The Labute approximate surface area is 84.6 Å². The Balaban J connectivity index is 3.51. The van der Waals surface area contributed by atoms with Crippen LogP contribution in [0.5, 0.6) is 0 Å². The molecule has 4 nitrogen and oxygen atoms in total. The molecule has 0 aromatic rings. The average molecular weight is 199 g/mol. The number of ether oxygens (including phenoxy) is 2. The van der Waals surface area contributed by atoms with Crippen LogP contribution in [0.1, 0.15) is 27.2 Å². The molecule has 0 saturated carbocycles. The van der Waals surface area contributed by atoms with Crippen LogP contribution in [0.2, 0.25) is 0 Å². The Morgan fingerprint density at radius 3 is 2.57 bits per heavy atom. The summed E-state index contributed by atoms with van der Waals surface area (Å²) in [7, 11) is 0. The zero-order valence-corrected chi connectivity index (χ0v) is 8.70. The lowest BCUT2D eigenvalue weighted by Crippen LogP contribution is -2.15. The number of carbonyl (C=O) groups is 2. The quantitative estimate of drug-likeness (QED) is 0.603. The summed E-state index contributed by atoms with van der Waals surface area (Å²) >= 11 is 0. The topological polar surface area (TPSA) is 52.6 Å². The van der Waals surface area contributed by atoms with Crippen molar-refractivity contribution in [3.63, 3.8) is 0 Å². The molecule has 0 aromatic heterocycles. The molecule has 0 aliphatic heterocycles. The summed E-state index contributed by atoms with van der Waals surface area (Å²) in [5.74, 6) is -1.24. The maximum Gasteiger partial charge on any atom is 0.315 e. The van der Waals surface area contributed by atoms with Crippen molar-refractivity contribution in [2.75, 3.05) is 6.61 Å². The van der Waals surface area contributed by atoms with Crippen molar-refractivity contribution in [2.45, 2.75) is 33.3 Å². The molecule has 0 amide bonds. The molecule has 0 rings (SSSR count). The van der Waals surface area contributed by atoms with Crippen LogP contribution >= 0.6 is 0 Å². The van der Waals surface area contributed by atoms with Crippen LogP contribution in [-0.4, -0.2) is 24.6 Å². The van der Waals surface area contributed by atoms with Crippen molar-refractivity contribution in [3.05, 3.63) is 12.8 Å². The Hall–Kier alpha value is -1.06. The highest BCUT2D eigenvalue weighted by Gasteiger charge is 2.11. The molecule has 0 saturated heterocycles. The van der Waals surface area contributed by atoms with Gasteiger partial charge in [-0.1, -0.05) is 6.92 Å². The lowest BCUT2D eigenvalue weighted by Gasteiger charge is -2.06. The van der Waals surface area contributed by atoms with Gasteiger partial charge in [0.15, 0.2) is 0 Å². The SMILES string of the molecule is CCCOC(=O)[CH][C]C(=O)OC(C)C. The Kier molecular flexibility index (Phi) is 6.80. The largest absolute Gasteiger partial charge is 0.465 e. The third kappa shape index (κ3) is 7.58. The predicted molar refractivity (Wildman–Crippen MR) is 50.0 cm³/mol. The van der Waals surface area contributed by atoms with E-state index in [-0.39, 0.29) is 6.10 Å². The second kappa shape index (κ2) is 7.35. The highest BCUT2D eigenvalue weighted by Crippen LogP contribution is 1.97. The number of hydrogen-bond donors (Lipinski definition) is 0. The van der Waals surface area contributed by atoms with Gasteiger partial charge in [0.1, 0.15) is 6.42 Å². The summed E-state index contributed by atoms with van der Waals surface area (Å²) in [4.78, 5) is 21.7. The van der Waals surface area contributed by atoms with Crippen molar-refractivity contribution in [3.8, 4) is 0 Å². The summed E-state index contributed by atoms with van der Waals surface area (Å²) in [6.45, 7) is 5.66. The first-order valence-corrected chi connectivity index (χ1v) is 4.53. The minimum absolute atomic E-state index is 0.213. The van der Waals surface area contributed by atoms with Crippen LogP contribution in [0.3, 0.4) is 0 Å².